The molecule has 1 aromatic rings. The van der Waals surface area contributed by atoms with Gasteiger partial charge in [0.1, 0.15) is 0 Å². The summed E-state index contributed by atoms with van der Waals surface area (Å²) in [7, 11) is 0. The average molecular weight is 180 g/mol. The van der Waals surface area contributed by atoms with E-state index in [0.29, 0.717) is 6.42 Å². The van der Waals surface area contributed by atoms with E-state index < -0.39 is 0 Å². The van der Waals surface area contributed by atoms with Crippen molar-refractivity contribution in [3.63, 3.8) is 0 Å². The van der Waals surface area contributed by atoms with Gasteiger partial charge in [0, 0.05) is 12.0 Å². The van der Waals surface area contributed by atoms with Crippen LogP contribution in [0.4, 0.5) is 0 Å². The zero-order valence-electron chi connectivity index (χ0n) is 7.92. The van der Waals surface area contributed by atoms with Gasteiger partial charge in [-0.2, -0.15) is 0 Å². The van der Waals surface area contributed by atoms with Crippen LogP contribution in [0.25, 0.3) is 0 Å². The van der Waals surface area contributed by atoms with Crippen molar-refractivity contribution < 1.29 is 10.3 Å². The van der Waals surface area contributed by atoms with E-state index >= 15 is 0 Å². The zero-order chi connectivity index (χ0) is 8.81. The highest BCUT2D eigenvalue weighted by molar-refractivity contribution is 5.95. The summed E-state index contributed by atoms with van der Waals surface area (Å²) < 4.78 is 0. The molecule has 0 heterocycles. The Morgan fingerprint density at radius 3 is 2.38 bits per heavy atom. The summed E-state index contributed by atoms with van der Waals surface area (Å²) >= 11 is 0. The Kier molecular flexibility index (Phi) is 5.81. The van der Waals surface area contributed by atoms with Crippen LogP contribution in [0, 0.1) is 0 Å². The number of Topliss-reactive ketones (excluding diaryl/α,β-unsaturated/α-hetero) is 1. The van der Waals surface area contributed by atoms with E-state index in [1.54, 1.807) is 0 Å². The monoisotopic (exact) mass is 180 g/mol. The van der Waals surface area contributed by atoms with Crippen LogP contribution in [-0.4, -0.2) is 11.3 Å². The van der Waals surface area contributed by atoms with Gasteiger partial charge >= 0.3 is 0 Å². The first-order valence-corrected chi connectivity index (χ1v) is 4.43. The first-order valence-electron chi connectivity index (χ1n) is 4.43. The lowest BCUT2D eigenvalue weighted by molar-refractivity contribution is 0.0980. The minimum absolute atomic E-state index is 0. The van der Waals surface area contributed by atoms with Gasteiger partial charge in [-0.25, -0.2) is 0 Å². The van der Waals surface area contributed by atoms with Crippen molar-refractivity contribution in [3.8, 4) is 0 Å². The molecular formula is C11H16O2. The molecular weight excluding hydrogens is 164 g/mol. The third kappa shape index (κ3) is 3.85. The quantitative estimate of drug-likeness (QED) is 0.655. The number of carbonyl (C=O) groups excluding carboxylic acids is 1. The van der Waals surface area contributed by atoms with Gasteiger partial charge in [-0.1, -0.05) is 43.7 Å². The number of hydrogen-bond acceptors (Lipinski definition) is 1. The summed E-state index contributed by atoms with van der Waals surface area (Å²) in [6.07, 6.45) is 2.76. The van der Waals surface area contributed by atoms with Gasteiger partial charge in [0.25, 0.3) is 0 Å². The van der Waals surface area contributed by atoms with E-state index in [1.807, 2.05) is 30.3 Å². The van der Waals surface area contributed by atoms with E-state index in [0.717, 1.165) is 18.4 Å². The third-order valence-corrected chi connectivity index (χ3v) is 1.85. The molecule has 2 nitrogen and oxygen atoms in total. The minimum atomic E-state index is 0. The second-order valence-electron chi connectivity index (χ2n) is 2.89. The van der Waals surface area contributed by atoms with Crippen LogP contribution in [0.2, 0.25) is 0 Å². The first-order chi connectivity index (χ1) is 5.84. The lowest BCUT2D eigenvalue weighted by atomic mass is 10.1. The molecule has 13 heavy (non-hydrogen) atoms. The van der Waals surface area contributed by atoms with Crippen LogP contribution in [0.5, 0.6) is 0 Å². The molecule has 0 fully saturated rings. The van der Waals surface area contributed by atoms with Crippen LogP contribution < -0.4 is 0 Å². The maximum atomic E-state index is 11.4. The van der Waals surface area contributed by atoms with Gasteiger partial charge in [-0.15, -0.1) is 0 Å². The van der Waals surface area contributed by atoms with Gasteiger partial charge < -0.3 is 5.48 Å². The molecule has 0 saturated carbocycles. The molecule has 72 valence electrons. The Labute approximate surface area is 78.9 Å². The largest absolute Gasteiger partial charge is 0.412 e. The number of carbonyl (C=O) groups is 1. The summed E-state index contributed by atoms with van der Waals surface area (Å²) in [5, 5.41) is 0. The Morgan fingerprint density at radius 1 is 1.23 bits per heavy atom. The molecule has 0 saturated heterocycles. The van der Waals surface area contributed by atoms with E-state index in [1.165, 1.54) is 0 Å². The summed E-state index contributed by atoms with van der Waals surface area (Å²) in [6.45, 7) is 2.10. The van der Waals surface area contributed by atoms with E-state index in [2.05, 4.69) is 6.92 Å². The van der Waals surface area contributed by atoms with Crippen molar-refractivity contribution in [1.82, 2.24) is 0 Å². The highest BCUT2D eigenvalue weighted by Gasteiger charge is 2.02. The fourth-order valence-corrected chi connectivity index (χ4v) is 1.11. The number of benzene rings is 1. The van der Waals surface area contributed by atoms with Crippen LogP contribution >= 0.6 is 0 Å². The SMILES string of the molecule is CCCCC(=O)c1ccccc1.O. The fraction of sp³-hybridized carbons (Fsp3) is 0.364. The van der Waals surface area contributed by atoms with Crippen molar-refractivity contribution >= 4 is 5.78 Å². The molecule has 0 radical (unpaired) electrons. The van der Waals surface area contributed by atoms with Gasteiger partial charge in [-0.05, 0) is 6.42 Å². The summed E-state index contributed by atoms with van der Waals surface area (Å²) in [5.74, 6) is 0.262. The molecule has 0 bridgehead atoms. The van der Waals surface area contributed by atoms with Gasteiger partial charge in [0.2, 0.25) is 0 Å². The maximum absolute atomic E-state index is 11.4. The third-order valence-electron chi connectivity index (χ3n) is 1.85. The Hall–Kier alpha value is -1.15. The Balaban J connectivity index is 0.00000144. The smallest absolute Gasteiger partial charge is 0.162 e. The average Bonchev–Trinajstić information content (AvgIpc) is 2.15. The number of unbranched alkanes of at least 4 members (excludes halogenated alkanes) is 1. The van der Waals surface area contributed by atoms with Crippen molar-refractivity contribution in [3.05, 3.63) is 35.9 Å². The molecule has 0 aliphatic rings. The van der Waals surface area contributed by atoms with E-state index in [4.69, 9.17) is 0 Å². The Bertz CT molecular complexity index is 242. The zero-order valence-corrected chi connectivity index (χ0v) is 7.92. The molecule has 0 aliphatic carbocycles. The second kappa shape index (κ2) is 6.38. The van der Waals surface area contributed by atoms with Crippen molar-refractivity contribution in [2.75, 3.05) is 0 Å². The minimum Gasteiger partial charge on any atom is -0.412 e. The highest BCUT2D eigenvalue weighted by atomic mass is 16.1. The van der Waals surface area contributed by atoms with Crippen LogP contribution in [0.3, 0.4) is 0 Å². The van der Waals surface area contributed by atoms with Crippen LogP contribution in [0.15, 0.2) is 30.3 Å². The molecule has 0 unspecified atom stereocenters. The molecule has 0 aliphatic heterocycles. The van der Waals surface area contributed by atoms with Crippen LogP contribution in [0.1, 0.15) is 36.5 Å². The maximum Gasteiger partial charge on any atom is 0.162 e. The molecule has 0 atom stereocenters. The molecule has 2 heteroatoms. The van der Waals surface area contributed by atoms with Crippen molar-refractivity contribution in [1.29, 1.82) is 0 Å². The predicted molar refractivity (Wildman–Crippen MR) is 53.9 cm³/mol. The van der Waals surface area contributed by atoms with E-state index in [-0.39, 0.29) is 11.3 Å². The first kappa shape index (κ1) is 11.8. The predicted octanol–water partition coefficient (Wildman–Crippen LogP) is 2.23. The van der Waals surface area contributed by atoms with Crippen molar-refractivity contribution in [2.45, 2.75) is 26.2 Å². The molecule has 0 aromatic heterocycles. The number of hydrogen-bond donors (Lipinski definition) is 0. The molecule has 1 rings (SSSR count). The van der Waals surface area contributed by atoms with Gasteiger partial charge in [-0.3, -0.25) is 4.79 Å². The number of ketones is 1. The van der Waals surface area contributed by atoms with Gasteiger partial charge in [0.05, 0.1) is 0 Å². The Morgan fingerprint density at radius 2 is 1.85 bits per heavy atom. The topological polar surface area (TPSA) is 48.6 Å². The summed E-state index contributed by atoms with van der Waals surface area (Å²) in [5.41, 5.74) is 0.839. The van der Waals surface area contributed by atoms with Gasteiger partial charge in [0.15, 0.2) is 5.78 Å². The molecule has 2 N–H and O–H groups in total. The summed E-state index contributed by atoms with van der Waals surface area (Å²) in [4.78, 5) is 11.4. The molecule has 0 spiro atoms. The van der Waals surface area contributed by atoms with Crippen LogP contribution in [-0.2, 0) is 0 Å². The molecule has 0 amide bonds. The molecule has 1 aromatic carbocycles. The lowest BCUT2D eigenvalue weighted by Crippen LogP contribution is -1.97. The normalized spacial score (nSPS) is 9.00. The number of rotatable bonds is 4. The second-order valence-corrected chi connectivity index (χ2v) is 2.89. The lowest BCUT2D eigenvalue weighted by Gasteiger charge is -1.97. The van der Waals surface area contributed by atoms with Crippen molar-refractivity contribution in [2.24, 2.45) is 0 Å². The summed E-state index contributed by atoms with van der Waals surface area (Å²) in [6, 6.07) is 9.48. The standard InChI is InChI=1S/C11H14O.H2O/c1-2-3-9-11(12)10-7-5-4-6-8-10;/h4-8H,2-3,9H2,1H3;1H2. The van der Waals surface area contributed by atoms with E-state index in [9.17, 15) is 4.79 Å². The fourth-order valence-electron chi connectivity index (χ4n) is 1.11. The highest BCUT2D eigenvalue weighted by Crippen LogP contribution is 2.05.